The van der Waals surface area contributed by atoms with E-state index < -0.39 is 5.97 Å². The third kappa shape index (κ3) is 5.27. The van der Waals surface area contributed by atoms with Gasteiger partial charge < -0.3 is 37.0 Å². The number of carbonyl (C=O) groups is 1. The van der Waals surface area contributed by atoms with Gasteiger partial charge in [0.05, 0.1) is 26.9 Å². The first-order chi connectivity index (χ1) is 11.6. The molecule has 0 saturated heterocycles. The molecule has 0 atom stereocenters. The maximum absolute atomic E-state index is 10.8. The standard InChI is InChI=1S/C18H21NO5.ClH/c1-22-15-9-17(24-3)16(23-2)8-14(15)11-19-10-12-4-6-13(7-5-12)18(20)21;/h4-9,19H,10-11H2,1-3H3,(H,20,21);1H/p-1. The van der Waals surface area contributed by atoms with Crippen LogP contribution in [0.2, 0.25) is 0 Å². The molecule has 7 heteroatoms. The highest BCUT2D eigenvalue weighted by molar-refractivity contribution is 5.87. The zero-order valence-electron chi connectivity index (χ0n) is 14.3. The molecular formula is C18H21ClNO5-. The second kappa shape index (κ2) is 9.76. The molecule has 2 aromatic rings. The summed E-state index contributed by atoms with van der Waals surface area (Å²) in [5, 5.41) is 12.2. The van der Waals surface area contributed by atoms with Crippen molar-refractivity contribution in [3.8, 4) is 17.2 Å². The lowest BCUT2D eigenvalue weighted by molar-refractivity contribution is -0.0000213. The summed E-state index contributed by atoms with van der Waals surface area (Å²) in [6, 6.07) is 10.4. The molecule has 0 aliphatic carbocycles. The van der Waals surface area contributed by atoms with Gasteiger partial charge in [-0.15, -0.1) is 0 Å². The van der Waals surface area contributed by atoms with E-state index >= 15 is 0 Å². The SMILES string of the molecule is COc1cc(OC)c(OC)cc1CNCc1ccc(C(=O)O)cc1.[Cl-]. The average molecular weight is 367 g/mol. The van der Waals surface area contributed by atoms with Crippen LogP contribution >= 0.6 is 0 Å². The first-order valence-corrected chi connectivity index (χ1v) is 7.41. The molecule has 2 aromatic carbocycles. The highest BCUT2D eigenvalue weighted by Crippen LogP contribution is 2.34. The highest BCUT2D eigenvalue weighted by Gasteiger charge is 2.11. The van der Waals surface area contributed by atoms with Gasteiger partial charge in [-0.25, -0.2) is 4.79 Å². The molecule has 0 fully saturated rings. The fraction of sp³-hybridized carbons (Fsp3) is 0.278. The summed E-state index contributed by atoms with van der Waals surface area (Å²) >= 11 is 0. The Morgan fingerprint density at radius 2 is 1.48 bits per heavy atom. The summed E-state index contributed by atoms with van der Waals surface area (Å²) in [4.78, 5) is 10.8. The number of ether oxygens (including phenoxy) is 3. The Labute approximate surface area is 153 Å². The van der Waals surface area contributed by atoms with Crippen LogP contribution in [0.4, 0.5) is 0 Å². The monoisotopic (exact) mass is 366 g/mol. The lowest BCUT2D eigenvalue weighted by Crippen LogP contribution is -3.00. The van der Waals surface area contributed by atoms with E-state index in [1.807, 2.05) is 6.07 Å². The number of hydrogen-bond donors (Lipinski definition) is 2. The summed E-state index contributed by atoms with van der Waals surface area (Å²) in [7, 11) is 4.77. The Bertz CT molecular complexity index is 703. The molecule has 0 unspecified atom stereocenters. The minimum absolute atomic E-state index is 0. The third-order valence-corrected chi connectivity index (χ3v) is 3.63. The number of benzene rings is 2. The van der Waals surface area contributed by atoms with Crippen molar-refractivity contribution >= 4 is 5.97 Å². The van der Waals surface area contributed by atoms with Crippen LogP contribution in [0.25, 0.3) is 0 Å². The van der Waals surface area contributed by atoms with Gasteiger partial charge in [0.15, 0.2) is 11.5 Å². The summed E-state index contributed by atoms with van der Waals surface area (Å²) in [5.74, 6) is 1.04. The Morgan fingerprint density at radius 3 is 2.00 bits per heavy atom. The molecule has 6 nitrogen and oxygen atoms in total. The molecule has 25 heavy (non-hydrogen) atoms. The third-order valence-electron chi connectivity index (χ3n) is 3.63. The normalized spacial score (nSPS) is 9.88. The van der Waals surface area contributed by atoms with Gasteiger partial charge in [0.1, 0.15) is 5.75 Å². The van der Waals surface area contributed by atoms with Crippen LogP contribution in [-0.4, -0.2) is 32.4 Å². The van der Waals surface area contributed by atoms with Gasteiger partial charge in [-0.3, -0.25) is 0 Å². The van der Waals surface area contributed by atoms with Crippen molar-refractivity contribution in [3.63, 3.8) is 0 Å². The number of carboxylic acids is 1. The summed E-state index contributed by atoms with van der Waals surface area (Å²) in [6.45, 7) is 1.18. The van der Waals surface area contributed by atoms with Crippen LogP contribution < -0.4 is 31.9 Å². The topological polar surface area (TPSA) is 77.0 Å². The lowest BCUT2D eigenvalue weighted by Gasteiger charge is -2.14. The van der Waals surface area contributed by atoms with Crippen molar-refractivity contribution in [2.24, 2.45) is 0 Å². The fourth-order valence-corrected chi connectivity index (χ4v) is 2.34. The fourth-order valence-electron chi connectivity index (χ4n) is 2.34. The van der Waals surface area contributed by atoms with E-state index in [-0.39, 0.29) is 18.0 Å². The van der Waals surface area contributed by atoms with Crippen LogP contribution in [0.3, 0.4) is 0 Å². The van der Waals surface area contributed by atoms with Crippen LogP contribution in [0.15, 0.2) is 36.4 Å². The molecule has 2 rings (SSSR count). The molecule has 0 aliphatic rings. The van der Waals surface area contributed by atoms with Gasteiger partial charge in [0, 0.05) is 24.7 Å². The van der Waals surface area contributed by atoms with Gasteiger partial charge >= 0.3 is 5.97 Å². The van der Waals surface area contributed by atoms with Crippen LogP contribution in [0, 0.1) is 0 Å². The first-order valence-electron chi connectivity index (χ1n) is 7.41. The predicted octanol–water partition coefficient (Wildman–Crippen LogP) is -0.296. The molecule has 136 valence electrons. The Hall–Kier alpha value is -2.44. The van der Waals surface area contributed by atoms with Crippen molar-refractivity contribution < 1.29 is 36.5 Å². The molecule has 2 N–H and O–H groups in total. The van der Waals surface area contributed by atoms with Crippen molar-refractivity contribution in [2.75, 3.05) is 21.3 Å². The van der Waals surface area contributed by atoms with E-state index in [4.69, 9.17) is 19.3 Å². The number of aromatic carboxylic acids is 1. The number of halogens is 1. The molecule has 0 heterocycles. The van der Waals surface area contributed by atoms with E-state index in [0.717, 1.165) is 11.1 Å². The Morgan fingerprint density at radius 1 is 0.920 bits per heavy atom. The number of hydrogen-bond acceptors (Lipinski definition) is 5. The number of carboxylic acid groups (broad SMARTS) is 1. The number of methoxy groups -OCH3 is 3. The summed E-state index contributed by atoms with van der Waals surface area (Å²) in [5.41, 5.74) is 2.22. The van der Waals surface area contributed by atoms with E-state index in [1.54, 1.807) is 51.7 Å². The average Bonchev–Trinajstić information content (AvgIpc) is 2.61. The van der Waals surface area contributed by atoms with E-state index in [9.17, 15) is 4.79 Å². The van der Waals surface area contributed by atoms with Gasteiger partial charge in [0.25, 0.3) is 0 Å². The minimum Gasteiger partial charge on any atom is -1.00 e. The Balaban J connectivity index is 0.00000312. The molecular weight excluding hydrogens is 346 g/mol. The predicted molar refractivity (Wildman–Crippen MR) is 90.0 cm³/mol. The van der Waals surface area contributed by atoms with Gasteiger partial charge in [-0.05, 0) is 23.8 Å². The first kappa shape index (κ1) is 20.6. The van der Waals surface area contributed by atoms with Crippen molar-refractivity contribution in [3.05, 3.63) is 53.1 Å². The number of nitrogens with one attached hydrogen (secondary N) is 1. The second-order valence-electron chi connectivity index (χ2n) is 5.12. The smallest absolute Gasteiger partial charge is 0.335 e. The zero-order valence-corrected chi connectivity index (χ0v) is 15.1. The molecule has 0 aliphatic heterocycles. The van der Waals surface area contributed by atoms with Crippen molar-refractivity contribution in [1.82, 2.24) is 5.32 Å². The molecule has 0 spiro atoms. The van der Waals surface area contributed by atoms with Crippen molar-refractivity contribution in [2.45, 2.75) is 13.1 Å². The van der Waals surface area contributed by atoms with Gasteiger partial charge in [-0.2, -0.15) is 0 Å². The highest BCUT2D eigenvalue weighted by atomic mass is 35.5. The lowest BCUT2D eigenvalue weighted by atomic mass is 10.1. The second-order valence-corrected chi connectivity index (χ2v) is 5.12. The molecule has 0 saturated carbocycles. The molecule has 0 radical (unpaired) electrons. The summed E-state index contributed by atoms with van der Waals surface area (Å²) in [6.07, 6.45) is 0. The number of rotatable bonds is 8. The van der Waals surface area contributed by atoms with E-state index in [0.29, 0.717) is 30.3 Å². The maximum atomic E-state index is 10.8. The molecule has 0 aromatic heterocycles. The zero-order chi connectivity index (χ0) is 17.5. The van der Waals surface area contributed by atoms with E-state index in [2.05, 4.69) is 5.32 Å². The Kier molecular flexibility index (Phi) is 8.04. The van der Waals surface area contributed by atoms with Crippen LogP contribution in [0.1, 0.15) is 21.5 Å². The quantitative estimate of drug-likeness (QED) is 0.668. The molecule has 0 bridgehead atoms. The largest absolute Gasteiger partial charge is 1.00 e. The maximum Gasteiger partial charge on any atom is 0.335 e. The van der Waals surface area contributed by atoms with Gasteiger partial charge in [0.2, 0.25) is 0 Å². The van der Waals surface area contributed by atoms with E-state index in [1.165, 1.54) is 0 Å². The van der Waals surface area contributed by atoms with Crippen LogP contribution in [0.5, 0.6) is 17.2 Å². The minimum atomic E-state index is -0.926. The van der Waals surface area contributed by atoms with Crippen LogP contribution in [-0.2, 0) is 13.1 Å². The van der Waals surface area contributed by atoms with Crippen molar-refractivity contribution in [1.29, 1.82) is 0 Å². The summed E-state index contributed by atoms with van der Waals surface area (Å²) < 4.78 is 16.0. The van der Waals surface area contributed by atoms with Gasteiger partial charge in [-0.1, -0.05) is 12.1 Å². The molecule has 0 amide bonds.